The zero-order chi connectivity index (χ0) is 13.0. The van der Waals surface area contributed by atoms with Crippen LogP contribution in [0.3, 0.4) is 0 Å². The average Bonchev–Trinajstić information content (AvgIpc) is 2.41. The van der Waals surface area contributed by atoms with Gasteiger partial charge < -0.3 is 4.74 Å². The Morgan fingerprint density at radius 3 is 2.44 bits per heavy atom. The number of carbonyl (C=O) groups excluding carboxylic acids is 2. The summed E-state index contributed by atoms with van der Waals surface area (Å²) in [6.07, 6.45) is 3.27. The van der Waals surface area contributed by atoms with Gasteiger partial charge in [0.05, 0.1) is 5.38 Å². The highest BCUT2D eigenvalue weighted by molar-refractivity contribution is 6.40. The Kier molecular flexibility index (Phi) is 4.37. The monoisotopic (exact) mass is 266 g/mol. The fourth-order valence-electron chi connectivity index (χ4n) is 2.08. The van der Waals surface area contributed by atoms with Crippen molar-refractivity contribution in [2.24, 2.45) is 0 Å². The van der Waals surface area contributed by atoms with Crippen LogP contribution in [0.25, 0.3) is 0 Å². The van der Waals surface area contributed by atoms with Crippen LogP contribution in [-0.2, 0) is 9.53 Å². The molecule has 2 atom stereocenters. The molecular formula is C14H15ClO3. The molecule has 0 heterocycles. The Balaban J connectivity index is 1.97. The minimum absolute atomic E-state index is 0.175. The molecule has 1 aromatic rings. The summed E-state index contributed by atoms with van der Waals surface area (Å²) in [4.78, 5) is 23.5. The van der Waals surface area contributed by atoms with Crippen LogP contribution in [0.2, 0.25) is 0 Å². The molecule has 2 rings (SSSR count). The van der Waals surface area contributed by atoms with Gasteiger partial charge in [-0.1, -0.05) is 36.8 Å². The second kappa shape index (κ2) is 6.01. The first kappa shape index (κ1) is 13.1. The number of benzene rings is 1. The number of halogens is 1. The lowest BCUT2D eigenvalue weighted by molar-refractivity contribution is -0.144. The number of rotatable bonds is 3. The fourth-order valence-corrected chi connectivity index (χ4v) is 2.41. The van der Waals surface area contributed by atoms with Gasteiger partial charge in [-0.15, -0.1) is 11.6 Å². The molecule has 1 fully saturated rings. The van der Waals surface area contributed by atoms with Crippen molar-refractivity contribution in [1.29, 1.82) is 0 Å². The summed E-state index contributed by atoms with van der Waals surface area (Å²) in [7, 11) is 0. The second-order valence-corrected chi connectivity index (χ2v) is 5.00. The van der Waals surface area contributed by atoms with E-state index < -0.39 is 11.8 Å². The Labute approximate surface area is 111 Å². The highest BCUT2D eigenvalue weighted by atomic mass is 35.5. The standard InChI is InChI=1S/C14H15ClO3/c15-11-8-4-5-9-12(11)18-14(17)13(16)10-6-2-1-3-7-10/h1-3,6-7,11-12H,4-5,8-9H2. The van der Waals surface area contributed by atoms with Gasteiger partial charge in [-0.2, -0.15) is 0 Å². The molecule has 2 unspecified atom stereocenters. The number of ketones is 1. The average molecular weight is 267 g/mol. The highest BCUT2D eigenvalue weighted by Crippen LogP contribution is 2.25. The van der Waals surface area contributed by atoms with Crippen molar-refractivity contribution in [2.75, 3.05) is 0 Å². The van der Waals surface area contributed by atoms with Crippen LogP contribution >= 0.6 is 11.6 Å². The third-order valence-electron chi connectivity index (χ3n) is 3.10. The van der Waals surface area contributed by atoms with Crippen LogP contribution in [0.5, 0.6) is 0 Å². The van der Waals surface area contributed by atoms with Gasteiger partial charge >= 0.3 is 5.97 Å². The fraction of sp³-hybridized carbons (Fsp3) is 0.429. The number of alkyl halides is 1. The van der Waals surface area contributed by atoms with E-state index in [1.165, 1.54) is 0 Å². The highest BCUT2D eigenvalue weighted by Gasteiger charge is 2.29. The van der Waals surface area contributed by atoms with E-state index in [0.717, 1.165) is 25.7 Å². The molecule has 0 spiro atoms. The topological polar surface area (TPSA) is 43.4 Å². The third-order valence-corrected chi connectivity index (χ3v) is 3.60. The molecule has 0 radical (unpaired) electrons. The van der Waals surface area contributed by atoms with Gasteiger partial charge in [0.1, 0.15) is 6.10 Å². The number of hydrogen-bond acceptors (Lipinski definition) is 3. The van der Waals surface area contributed by atoms with Gasteiger partial charge in [0.15, 0.2) is 0 Å². The first-order chi connectivity index (χ1) is 8.68. The molecule has 0 bridgehead atoms. The molecule has 4 heteroatoms. The zero-order valence-corrected chi connectivity index (χ0v) is 10.7. The lowest BCUT2D eigenvalue weighted by Crippen LogP contribution is -2.33. The summed E-state index contributed by atoms with van der Waals surface area (Å²) < 4.78 is 5.20. The maximum Gasteiger partial charge on any atom is 0.379 e. The molecule has 0 aliphatic heterocycles. The molecule has 0 N–H and O–H groups in total. The summed E-state index contributed by atoms with van der Waals surface area (Å²) >= 11 is 6.09. The van der Waals surface area contributed by atoms with Crippen LogP contribution in [0, 0.1) is 0 Å². The number of Topliss-reactive ketones (excluding diaryl/α,β-unsaturated/α-hetero) is 1. The lowest BCUT2D eigenvalue weighted by atomic mass is 9.97. The van der Waals surface area contributed by atoms with Crippen molar-refractivity contribution in [2.45, 2.75) is 37.2 Å². The minimum atomic E-state index is -0.807. The largest absolute Gasteiger partial charge is 0.455 e. The lowest BCUT2D eigenvalue weighted by Gasteiger charge is -2.26. The normalized spacial score (nSPS) is 23.4. The maximum atomic E-state index is 11.8. The summed E-state index contributed by atoms with van der Waals surface area (Å²) in [5.74, 6) is -1.41. The molecule has 18 heavy (non-hydrogen) atoms. The first-order valence-corrected chi connectivity index (χ1v) is 6.56. The molecule has 1 aliphatic rings. The van der Waals surface area contributed by atoms with Gasteiger partial charge in [-0.3, -0.25) is 4.79 Å². The Morgan fingerprint density at radius 1 is 1.11 bits per heavy atom. The van der Waals surface area contributed by atoms with E-state index in [-0.39, 0.29) is 11.5 Å². The summed E-state index contributed by atoms with van der Waals surface area (Å²) in [5.41, 5.74) is 0.351. The second-order valence-electron chi connectivity index (χ2n) is 4.44. The Morgan fingerprint density at radius 2 is 1.78 bits per heavy atom. The molecule has 0 amide bonds. The van der Waals surface area contributed by atoms with Crippen molar-refractivity contribution in [3.8, 4) is 0 Å². The van der Waals surface area contributed by atoms with E-state index >= 15 is 0 Å². The number of esters is 1. The van der Waals surface area contributed by atoms with Gasteiger partial charge in [0, 0.05) is 5.56 Å². The smallest absolute Gasteiger partial charge is 0.379 e. The first-order valence-electron chi connectivity index (χ1n) is 6.13. The van der Waals surface area contributed by atoms with Gasteiger partial charge in [0.2, 0.25) is 0 Å². The molecule has 1 saturated carbocycles. The van der Waals surface area contributed by atoms with E-state index in [1.54, 1.807) is 30.3 Å². The minimum Gasteiger partial charge on any atom is -0.455 e. The number of carbonyl (C=O) groups is 2. The predicted molar refractivity (Wildman–Crippen MR) is 68.8 cm³/mol. The van der Waals surface area contributed by atoms with Crippen molar-refractivity contribution in [1.82, 2.24) is 0 Å². The number of hydrogen-bond donors (Lipinski definition) is 0. The Bertz CT molecular complexity index is 430. The van der Waals surface area contributed by atoms with E-state index in [1.807, 2.05) is 0 Å². The van der Waals surface area contributed by atoms with E-state index in [0.29, 0.717) is 5.56 Å². The maximum absolute atomic E-state index is 11.8. The van der Waals surface area contributed by atoms with E-state index in [9.17, 15) is 9.59 Å². The molecule has 1 aromatic carbocycles. The summed E-state index contributed by atoms with van der Waals surface area (Å²) in [5, 5.41) is -0.175. The summed E-state index contributed by atoms with van der Waals surface area (Å²) in [6, 6.07) is 8.42. The molecular weight excluding hydrogens is 252 g/mol. The van der Waals surface area contributed by atoms with Crippen LogP contribution in [-0.4, -0.2) is 23.2 Å². The van der Waals surface area contributed by atoms with E-state index in [4.69, 9.17) is 16.3 Å². The molecule has 96 valence electrons. The van der Waals surface area contributed by atoms with Crippen molar-refractivity contribution in [3.05, 3.63) is 35.9 Å². The molecule has 3 nitrogen and oxygen atoms in total. The van der Waals surface area contributed by atoms with Crippen LogP contribution in [0.4, 0.5) is 0 Å². The van der Waals surface area contributed by atoms with E-state index in [2.05, 4.69) is 0 Å². The quantitative estimate of drug-likeness (QED) is 0.366. The third kappa shape index (κ3) is 3.10. The van der Waals surface area contributed by atoms with Crippen molar-refractivity contribution < 1.29 is 14.3 Å². The molecule has 1 aliphatic carbocycles. The number of ether oxygens (including phenoxy) is 1. The summed E-state index contributed by atoms with van der Waals surface area (Å²) in [6.45, 7) is 0. The van der Waals surface area contributed by atoms with Crippen LogP contribution in [0.1, 0.15) is 36.0 Å². The SMILES string of the molecule is O=C(OC1CCCCC1Cl)C(=O)c1ccccc1. The van der Waals surface area contributed by atoms with Crippen molar-refractivity contribution in [3.63, 3.8) is 0 Å². The predicted octanol–water partition coefficient (Wildman–Crippen LogP) is 2.96. The van der Waals surface area contributed by atoms with Gasteiger partial charge in [0.25, 0.3) is 5.78 Å². The Hall–Kier alpha value is -1.35. The van der Waals surface area contributed by atoms with Gasteiger partial charge in [-0.05, 0) is 19.3 Å². The van der Waals surface area contributed by atoms with Gasteiger partial charge in [-0.25, -0.2) is 4.79 Å². The van der Waals surface area contributed by atoms with Crippen LogP contribution < -0.4 is 0 Å². The zero-order valence-electron chi connectivity index (χ0n) is 9.97. The van der Waals surface area contributed by atoms with Crippen LogP contribution in [0.15, 0.2) is 30.3 Å². The molecule has 0 aromatic heterocycles. The van der Waals surface area contributed by atoms with Crippen molar-refractivity contribution >= 4 is 23.4 Å². The molecule has 0 saturated heterocycles.